The van der Waals surface area contributed by atoms with E-state index in [1.54, 1.807) is 0 Å². The third kappa shape index (κ3) is 6.63. The van der Waals surface area contributed by atoms with Crippen LogP contribution in [-0.2, 0) is 63.2 Å². The lowest BCUT2D eigenvalue weighted by Crippen LogP contribution is -2.65. The number of hydrogen-bond acceptors (Lipinski definition) is 14. The quantitative estimate of drug-likeness (QED) is 0.284. The number of phosphoric acid groups is 4. The smallest absolute Gasteiger partial charge is 0.303 e. The molecule has 1 aliphatic carbocycles. The van der Waals surface area contributed by atoms with Crippen LogP contribution in [0, 0.1) is 0 Å². The third-order valence-electron chi connectivity index (χ3n) is 3.82. The summed E-state index contributed by atoms with van der Waals surface area (Å²) < 4.78 is 108. The van der Waals surface area contributed by atoms with Gasteiger partial charge in [-0.3, -0.25) is 23.0 Å². The molecule has 11 atom stereocenters. The highest BCUT2D eigenvalue weighted by Gasteiger charge is 2.68. The molecule has 3 fully saturated rings. The molecule has 32 heavy (non-hydrogen) atoms. The van der Waals surface area contributed by atoms with Gasteiger partial charge in [0.2, 0.25) is 0 Å². The molecule has 5 N–H and O–H groups in total. The zero-order chi connectivity index (χ0) is 24.3. The molecule has 1 saturated carbocycles. The van der Waals surface area contributed by atoms with E-state index in [2.05, 4.69) is 13.1 Å². The molecule has 3 aliphatic rings. The van der Waals surface area contributed by atoms with Crippen LogP contribution in [0.5, 0.6) is 0 Å². The Bertz CT molecular complexity index is 985. The van der Waals surface area contributed by atoms with Gasteiger partial charge in [0.05, 0.1) is 0 Å². The van der Waals surface area contributed by atoms with E-state index in [4.69, 9.17) is 22.6 Å². The Hall–Kier alpha value is 0.600. The first-order valence-corrected chi connectivity index (χ1v) is 16.5. The van der Waals surface area contributed by atoms with Gasteiger partial charge in [-0.15, -0.1) is 9.05 Å². The molecule has 184 valence electrons. The highest BCUT2D eigenvalue weighted by atomic mass is 31.3. The lowest BCUT2D eigenvalue weighted by atomic mass is 9.85. The topological polar surface area (TPSA) is 277 Å². The minimum atomic E-state index is -5.50. The fourth-order valence-corrected chi connectivity index (χ4v) is 8.58. The molecule has 19 nitrogen and oxygen atoms in total. The molecule has 2 heterocycles. The van der Waals surface area contributed by atoms with Crippen LogP contribution in [0.4, 0.5) is 0 Å². The Balaban J connectivity index is 2.20. The van der Waals surface area contributed by atoms with E-state index >= 15 is 0 Å². The minimum absolute atomic E-state index is 0.935. The van der Waals surface area contributed by atoms with Gasteiger partial charge in [-0.2, -0.15) is 4.31 Å². The first kappa shape index (κ1) is 27.2. The Morgan fingerprint density at radius 3 is 1.94 bits per heavy atom. The predicted molar refractivity (Wildman–Crippen MR) is 94.1 cm³/mol. The van der Waals surface area contributed by atoms with E-state index < -0.39 is 84.2 Å². The fraction of sp³-hybridized carbons (Fsp3) is 1.00. The van der Waals surface area contributed by atoms with Gasteiger partial charge in [0.25, 0.3) is 0 Å². The maximum atomic E-state index is 12.1. The van der Waals surface area contributed by atoms with Crippen LogP contribution in [-0.4, -0.2) is 67.8 Å². The molecule has 2 saturated heterocycles. The molecule has 25 heteroatoms. The van der Waals surface area contributed by atoms with Crippen molar-refractivity contribution in [2.24, 2.45) is 0 Å². The molecular formula is C7H14O19P6+2. The van der Waals surface area contributed by atoms with Gasteiger partial charge < -0.3 is 19.6 Å². The summed E-state index contributed by atoms with van der Waals surface area (Å²) in [4.78, 5) is 47.7. The lowest BCUT2D eigenvalue weighted by Gasteiger charge is -2.43. The second-order valence-electron chi connectivity index (χ2n) is 6.14. The average molecular weight is 588 g/mol. The molecule has 0 aromatic carbocycles. The highest BCUT2D eigenvalue weighted by molar-refractivity contribution is 7.61. The van der Waals surface area contributed by atoms with Gasteiger partial charge in [0, 0.05) is 4.57 Å². The molecule has 3 rings (SSSR count). The Kier molecular flexibility index (Phi) is 7.85. The van der Waals surface area contributed by atoms with Crippen molar-refractivity contribution in [1.82, 2.24) is 0 Å². The van der Waals surface area contributed by atoms with Crippen LogP contribution in [0.25, 0.3) is 0 Å². The molecule has 0 spiro atoms. The number of hydrogen-bond donors (Lipinski definition) is 5. The molecule has 0 radical (unpaired) electrons. The van der Waals surface area contributed by atoms with E-state index in [9.17, 15) is 51.9 Å². The van der Waals surface area contributed by atoms with Crippen LogP contribution < -0.4 is 0 Å². The zero-order valence-corrected chi connectivity index (χ0v) is 20.5. The lowest BCUT2D eigenvalue weighted by molar-refractivity contribution is -0.185. The SMILES string of the molecule is C[P+](=O)OC1C(OP(=O)(O)O)C2O[P+](=O)OP(=O)(O)OC2C2OP(=O)(O)OP(=O)(O)OC12. The monoisotopic (exact) mass is 588 g/mol. The van der Waals surface area contributed by atoms with E-state index in [0.717, 1.165) is 6.66 Å². The average Bonchev–Trinajstić information content (AvgIpc) is 2.71. The van der Waals surface area contributed by atoms with Crippen molar-refractivity contribution in [2.45, 2.75) is 36.6 Å². The van der Waals surface area contributed by atoms with Crippen molar-refractivity contribution < 1.29 is 87.6 Å². The standard InChI is InChI=1S/C7H12O19P6/c1-27(8)19-2-4(21-29(10,11)12)3-6(22-30(13,14)25-28(9)20-3)7-5(2)23-31(15,16)26-32(17,18)24-7/h2-7H,1H3,(H3-2,10,11,12,13,14,15,16,17,18)/p+2. The Morgan fingerprint density at radius 1 is 0.906 bits per heavy atom. The molecule has 2 aliphatic heterocycles. The summed E-state index contributed by atoms with van der Waals surface area (Å²) in [5, 5.41) is 0. The summed E-state index contributed by atoms with van der Waals surface area (Å²) in [6.07, 6.45) is -13.2. The minimum Gasteiger partial charge on any atom is -0.303 e. The fourth-order valence-electron chi connectivity index (χ4n) is 3.02. The van der Waals surface area contributed by atoms with Crippen LogP contribution in [0.3, 0.4) is 0 Å². The van der Waals surface area contributed by atoms with Crippen molar-refractivity contribution >= 4 is 47.6 Å². The van der Waals surface area contributed by atoms with Crippen molar-refractivity contribution in [3.8, 4) is 0 Å². The second kappa shape index (κ2) is 9.24. The maximum absolute atomic E-state index is 12.1. The first-order valence-electron chi connectivity index (χ1n) is 7.78. The molecule has 0 aromatic heterocycles. The van der Waals surface area contributed by atoms with E-state index in [1.807, 2.05) is 0 Å². The molecular weight excluding hydrogens is 574 g/mol. The van der Waals surface area contributed by atoms with Gasteiger partial charge in [0.15, 0.2) is 18.9 Å². The molecule has 0 amide bonds. The van der Waals surface area contributed by atoms with E-state index in [-0.39, 0.29) is 0 Å². The van der Waals surface area contributed by atoms with Gasteiger partial charge in [-0.05, 0) is 8.88 Å². The normalized spacial score (nSPS) is 49.3. The Morgan fingerprint density at radius 2 is 1.41 bits per heavy atom. The first-order chi connectivity index (χ1) is 14.4. The van der Waals surface area contributed by atoms with Crippen molar-refractivity contribution in [1.29, 1.82) is 0 Å². The summed E-state index contributed by atoms with van der Waals surface area (Å²) in [6, 6.07) is 0. The maximum Gasteiger partial charge on any atom is 0.708 e. The Labute approximate surface area is 179 Å². The van der Waals surface area contributed by atoms with Crippen LogP contribution in [0.15, 0.2) is 0 Å². The number of phosphoric ester groups is 4. The highest BCUT2D eigenvalue weighted by Crippen LogP contribution is 2.68. The van der Waals surface area contributed by atoms with Gasteiger partial charge in [0.1, 0.15) is 24.4 Å². The summed E-state index contributed by atoms with van der Waals surface area (Å²) in [6.45, 7) is 0.935. The largest absolute Gasteiger partial charge is 0.708 e. The van der Waals surface area contributed by atoms with Crippen LogP contribution in [0.1, 0.15) is 0 Å². The number of rotatable bonds is 4. The molecule has 11 unspecified atom stereocenters. The predicted octanol–water partition coefficient (Wildman–Crippen LogP) is 0.795. The molecule has 0 aromatic rings. The van der Waals surface area contributed by atoms with Gasteiger partial charge >= 0.3 is 47.6 Å². The van der Waals surface area contributed by atoms with Crippen LogP contribution >= 0.6 is 47.6 Å². The number of fused-ring (bicyclic) bond motifs is 3. The summed E-state index contributed by atoms with van der Waals surface area (Å²) in [5.74, 6) is 0. The second-order valence-corrected chi connectivity index (χ2v) is 13.8. The van der Waals surface area contributed by atoms with Crippen molar-refractivity contribution in [3.05, 3.63) is 0 Å². The van der Waals surface area contributed by atoms with E-state index in [1.165, 1.54) is 0 Å². The van der Waals surface area contributed by atoms with Crippen molar-refractivity contribution in [3.63, 3.8) is 0 Å². The van der Waals surface area contributed by atoms with Crippen LogP contribution in [0.2, 0.25) is 0 Å². The van der Waals surface area contributed by atoms with Gasteiger partial charge in [-0.25, -0.2) is 18.3 Å². The summed E-state index contributed by atoms with van der Waals surface area (Å²) in [5.41, 5.74) is 0. The molecule has 0 bridgehead atoms. The zero-order valence-electron chi connectivity index (χ0n) is 15.1. The van der Waals surface area contributed by atoms with Gasteiger partial charge in [-0.1, -0.05) is 0 Å². The van der Waals surface area contributed by atoms with E-state index in [0.29, 0.717) is 0 Å². The summed E-state index contributed by atoms with van der Waals surface area (Å²) >= 11 is 0. The van der Waals surface area contributed by atoms with Crippen molar-refractivity contribution in [2.75, 3.05) is 6.66 Å². The third-order valence-corrected chi connectivity index (χ3v) is 9.83. The summed E-state index contributed by atoms with van der Waals surface area (Å²) in [7, 11) is -28.0.